The van der Waals surface area contributed by atoms with E-state index in [1.165, 1.54) is 0 Å². The van der Waals surface area contributed by atoms with Gasteiger partial charge in [-0.15, -0.1) is 0 Å². The molecule has 1 heterocycles. The van der Waals surface area contributed by atoms with E-state index in [0.717, 1.165) is 11.1 Å². The number of hydrogen-bond donors (Lipinski definition) is 1. The first-order chi connectivity index (χ1) is 11.6. The van der Waals surface area contributed by atoms with Crippen molar-refractivity contribution >= 4 is 11.7 Å². The van der Waals surface area contributed by atoms with Crippen molar-refractivity contribution in [3.05, 3.63) is 59.2 Å². The molecule has 0 spiro atoms. The van der Waals surface area contributed by atoms with Crippen molar-refractivity contribution in [2.24, 2.45) is 0 Å². The molecule has 24 heavy (non-hydrogen) atoms. The molecule has 0 radical (unpaired) electrons. The van der Waals surface area contributed by atoms with Gasteiger partial charge >= 0.3 is 0 Å². The molecule has 0 atom stereocenters. The summed E-state index contributed by atoms with van der Waals surface area (Å²) in [7, 11) is 0. The Morgan fingerprint density at radius 1 is 1.04 bits per heavy atom. The molecule has 5 heteroatoms. The van der Waals surface area contributed by atoms with E-state index in [0.29, 0.717) is 23.6 Å². The van der Waals surface area contributed by atoms with Crippen LogP contribution < -0.4 is 14.8 Å². The van der Waals surface area contributed by atoms with Crippen LogP contribution in [0.4, 0.5) is 0 Å². The number of hydrogen-bond acceptors (Lipinski definition) is 4. The van der Waals surface area contributed by atoms with Crippen molar-refractivity contribution in [3.63, 3.8) is 0 Å². The molecule has 0 unspecified atom stereocenters. The first kappa shape index (κ1) is 16.1. The predicted octanol–water partition coefficient (Wildman–Crippen LogP) is 3.00. The summed E-state index contributed by atoms with van der Waals surface area (Å²) in [6, 6.07) is 13.0. The molecule has 0 saturated carbocycles. The summed E-state index contributed by atoms with van der Waals surface area (Å²) in [5, 5.41) is 2.85. The van der Waals surface area contributed by atoms with Crippen molar-refractivity contribution in [1.29, 1.82) is 0 Å². The fourth-order valence-electron chi connectivity index (χ4n) is 2.53. The molecular formula is C19H19NO4. The molecule has 1 aliphatic rings. The third-order valence-corrected chi connectivity index (χ3v) is 4.01. The van der Waals surface area contributed by atoms with Gasteiger partial charge in [0.25, 0.3) is 0 Å². The van der Waals surface area contributed by atoms with Crippen molar-refractivity contribution in [1.82, 2.24) is 5.32 Å². The smallest absolute Gasteiger partial charge is 0.231 e. The number of benzene rings is 2. The molecule has 0 aromatic heterocycles. The van der Waals surface area contributed by atoms with Gasteiger partial charge in [-0.1, -0.05) is 24.3 Å². The minimum absolute atomic E-state index is 0.0839. The van der Waals surface area contributed by atoms with Crippen LogP contribution >= 0.6 is 0 Å². The second kappa shape index (κ2) is 7.17. The van der Waals surface area contributed by atoms with Gasteiger partial charge in [0, 0.05) is 24.9 Å². The van der Waals surface area contributed by atoms with Crippen LogP contribution in [0.2, 0.25) is 0 Å². The first-order valence-electron chi connectivity index (χ1n) is 7.87. The SMILES string of the molecule is Cc1ccccc1CNC(=O)CCC(=O)c1ccc2c(c1)OCO2. The molecule has 1 N–H and O–H groups in total. The summed E-state index contributed by atoms with van der Waals surface area (Å²) in [6.07, 6.45) is 0.332. The number of carbonyl (C=O) groups is 2. The molecular weight excluding hydrogens is 306 g/mol. The van der Waals surface area contributed by atoms with Gasteiger partial charge in [0.05, 0.1) is 0 Å². The Labute approximate surface area is 140 Å². The summed E-state index contributed by atoms with van der Waals surface area (Å²) >= 11 is 0. The Hall–Kier alpha value is -2.82. The van der Waals surface area contributed by atoms with Gasteiger partial charge in [-0.25, -0.2) is 0 Å². The second-order valence-corrected chi connectivity index (χ2v) is 5.69. The molecule has 1 aliphatic heterocycles. The van der Waals surface area contributed by atoms with E-state index in [2.05, 4.69) is 5.32 Å². The zero-order chi connectivity index (χ0) is 16.9. The molecule has 124 valence electrons. The minimum Gasteiger partial charge on any atom is -0.454 e. The summed E-state index contributed by atoms with van der Waals surface area (Å²) in [4.78, 5) is 24.1. The largest absolute Gasteiger partial charge is 0.454 e. The number of aryl methyl sites for hydroxylation is 1. The van der Waals surface area contributed by atoms with Gasteiger partial charge in [-0.3, -0.25) is 9.59 Å². The van der Waals surface area contributed by atoms with Crippen molar-refractivity contribution in [3.8, 4) is 11.5 Å². The number of ketones is 1. The van der Waals surface area contributed by atoms with Crippen LogP contribution in [0, 0.1) is 6.92 Å². The predicted molar refractivity (Wildman–Crippen MR) is 89.2 cm³/mol. The topological polar surface area (TPSA) is 64.6 Å². The van der Waals surface area contributed by atoms with Crippen molar-refractivity contribution in [2.45, 2.75) is 26.3 Å². The van der Waals surface area contributed by atoms with Gasteiger partial charge in [0.15, 0.2) is 17.3 Å². The number of Topliss-reactive ketones (excluding diaryl/α,β-unsaturated/α-hetero) is 1. The van der Waals surface area contributed by atoms with Crippen molar-refractivity contribution in [2.75, 3.05) is 6.79 Å². The van der Waals surface area contributed by atoms with Gasteiger partial charge in [0.1, 0.15) is 0 Å². The molecule has 5 nitrogen and oxygen atoms in total. The Balaban J connectivity index is 1.49. The average molecular weight is 325 g/mol. The summed E-state index contributed by atoms with van der Waals surface area (Å²) in [5.74, 6) is 0.999. The maximum Gasteiger partial charge on any atom is 0.231 e. The molecule has 3 rings (SSSR count). The van der Waals surface area contributed by atoms with E-state index in [4.69, 9.17) is 9.47 Å². The van der Waals surface area contributed by atoms with Gasteiger partial charge < -0.3 is 14.8 Å². The highest BCUT2D eigenvalue weighted by Crippen LogP contribution is 2.32. The Bertz CT molecular complexity index is 770. The van der Waals surface area contributed by atoms with E-state index in [1.807, 2.05) is 31.2 Å². The number of carbonyl (C=O) groups excluding carboxylic acids is 2. The normalized spacial score (nSPS) is 12.0. The van der Waals surface area contributed by atoms with E-state index in [-0.39, 0.29) is 31.3 Å². The number of ether oxygens (including phenoxy) is 2. The van der Waals surface area contributed by atoms with Crippen LogP contribution in [0.25, 0.3) is 0 Å². The molecule has 1 amide bonds. The number of nitrogens with one attached hydrogen (secondary N) is 1. The van der Waals surface area contributed by atoms with E-state index >= 15 is 0 Å². The zero-order valence-electron chi connectivity index (χ0n) is 13.5. The first-order valence-corrected chi connectivity index (χ1v) is 7.87. The molecule has 0 saturated heterocycles. The van der Waals surface area contributed by atoms with Crippen LogP contribution in [-0.4, -0.2) is 18.5 Å². The standard InChI is InChI=1S/C19H19NO4/c1-13-4-2-3-5-15(13)11-20-19(22)9-7-16(21)14-6-8-17-18(10-14)24-12-23-17/h2-6,8,10H,7,9,11-12H2,1H3,(H,20,22). The summed E-state index contributed by atoms with van der Waals surface area (Å²) in [5.41, 5.74) is 2.74. The number of amides is 1. The molecule has 0 fully saturated rings. The lowest BCUT2D eigenvalue weighted by atomic mass is 10.1. The third-order valence-electron chi connectivity index (χ3n) is 4.01. The van der Waals surface area contributed by atoms with E-state index in [9.17, 15) is 9.59 Å². The van der Waals surface area contributed by atoms with Gasteiger partial charge in [0.2, 0.25) is 12.7 Å². The fraction of sp³-hybridized carbons (Fsp3) is 0.263. The monoisotopic (exact) mass is 325 g/mol. The van der Waals surface area contributed by atoms with Crippen LogP contribution in [0.5, 0.6) is 11.5 Å². The van der Waals surface area contributed by atoms with Gasteiger partial charge in [-0.05, 0) is 36.2 Å². The second-order valence-electron chi connectivity index (χ2n) is 5.69. The highest BCUT2D eigenvalue weighted by Gasteiger charge is 2.16. The average Bonchev–Trinajstić information content (AvgIpc) is 3.06. The summed E-state index contributed by atoms with van der Waals surface area (Å²) < 4.78 is 10.5. The van der Waals surface area contributed by atoms with Crippen molar-refractivity contribution < 1.29 is 19.1 Å². The van der Waals surface area contributed by atoms with Crippen LogP contribution in [0.3, 0.4) is 0 Å². The van der Waals surface area contributed by atoms with E-state index in [1.54, 1.807) is 18.2 Å². The lowest BCUT2D eigenvalue weighted by molar-refractivity contribution is -0.121. The third kappa shape index (κ3) is 3.74. The van der Waals surface area contributed by atoms with Crippen LogP contribution in [0.15, 0.2) is 42.5 Å². The fourth-order valence-corrected chi connectivity index (χ4v) is 2.53. The molecule has 0 bridgehead atoms. The van der Waals surface area contributed by atoms with E-state index < -0.39 is 0 Å². The Morgan fingerprint density at radius 2 is 1.83 bits per heavy atom. The lowest BCUT2D eigenvalue weighted by Crippen LogP contribution is -2.23. The maximum absolute atomic E-state index is 12.2. The highest BCUT2D eigenvalue weighted by atomic mass is 16.7. The van der Waals surface area contributed by atoms with Crippen LogP contribution in [-0.2, 0) is 11.3 Å². The maximum atomic E-state index is 12.2. The highest BCUT2D eigenvalue weighted by molar-refractivity contribution is 5.98. The van der Waals surface area contributed by atoms with Crippen LogP contribution in [0.1, 0.15) is 34.3 Å². The van der Waals surface area contributed by atoms with Gasteiger partial charge in [-0.2, -0.15) is 0 Å². The molecule has 2 aromatic rings. The quantitative estimate of drug-likeness (QED) is 0.829. The zero-order valence-corrected chi connectivity index (χ0v) is 13.5. The molecule has 2 aromatic carbocycles. The minimum atomic E-state index is -0.132. The summed E-state index contributed by atoms with van der Waals surface area (Å²) in [6.45, 7) is 2.66. The number of rotatable bonds is 6. The Morgan fingerprint density at radius 3 is 2.67 bits per heavy atom. The number of fused-ring (bicyclic) bond motifs is 1. The lowest BCUT2D eigenvalue weighted by Gasteiger charge is -2.08. The molecule has 0 aliphatic carbocycles. The Kier molecular flexibility index (Phi) is 4.79.